The van der Waals surface area contributed by atoms with Crippen LogP contribution in [0.15, 0.2) is 0 Å². The zero-order chi connectivity index (χ0) is 26.0. The minimum Gasteiger partial charge on any atom is -0.481 e. The van der Waals surface area contributed by atoms with Crippen molar-refractivity contribution in [2.75, 3.05) is 0 Å². The molecule has 0 aromatic heterocycles. The first-order chi connectivity index (χ1) is 17.5. The number of hydrogen-bond acceptors (Lipinski definition) is 6. The molecule has 0 amide bonds. The average molecular weight is 515 g/mol. The van der Waals surface area contributed by atoms with Crippen molar-refractivity contribution in [1.29, 1.82) is 0 Å². The van der Waals surface area contributed by atoms with Gasteiger partial charge >= 0.3 is 17.9 Å². The first-order valence-electron chi connectivity index (χ1n) is 14.8. The fourth-order valence-corrected chi connectivity index (χ4v) is 10.6. The van der Waals surface area contributed by atoms with Gasteiger partial charge in [-0.05, 0) is 114 Å². The van der Waals surface area contributed by atoms with Crippen molar-refractivity contribution in [3.8, 4) is 0 Å². The number of epoxide rings is 1. The molecular formula is C30H42O7. The highest BCUT2D eigenvalue weighted by Gasteiger charge is 2.67. The second kappa shape index (κ2) is 7.95. The summed E-state index contributed by atoms with van der Waals surface area (Å²) in [5.41, 5.74) is -1.57. The predicted octanol–water partition coefficient (Wildman–Crippen LogP) is 4.46. The molecule has 7 rings (SSSR count). The Balaban J connectivity index is 0.996. The van der Waals surface area contributed by atoms with E-state index >= 15 is 0 Å². The van der Waals surface area contributed by atoms with Crippen LogP contribution in [0.1, 0.15) is 79.1 Å². The van der Waals surface area contributed by atoms with E-state index in [0.717, 1.165) is 38.5 Å². The lowest BCUT2D eigenvalue weighted by Crippen LogP contribution is -2.44. The van der Waals surface area contributed by atoms with E-state index < -0.39 is 16.8 Å². The molecular weight excluding hydrogens is 472 g/mol. The van der Waals surface area contributed by atoms with Crippen LogP contribution in [0.2, 0.25) is 0 Å². The van der Waals surface area contributed by atoms with Crippen LogP contribution in [-0.4, -0.2) is 47.4 Å². The van der Waals surface area contributed by atoms with Gasteiger partial charge in [0.05, 0.1) is 29.0 Å². The summed E-state index contributed by atoms with van der Waals surface area (Å²) in [4.78, 5) is 38.8. The maximum atomic E-state index is 13.7. The van der Waals surface area contributed by atoms with Gasteiger partial charge in [0.1, 0.15) is 12.2 Å². The van der Waals surface area contributed by atoms with Gasteiger partial charge in [-0.1, -0.05) is 6.92 Å². The molecule has 14 atom stereocenters. The van der Waals surface area contributed by atoms with Gasteiger partial charge in [-0.3, -0.25) is 14.4 Å². The summed E-state index contributed by atoms with van der Waals surface area (Å²) in [7, 11) is 0. The second-order valence-corrected chi connectivity index (χ2v) is 14.7. The molecule has 1 saturated heterocycles. The number of esters is 2. The Morgan fingerprint density at radius 3 is 2.08 bits per heavy atom. The number of ether oxygens (including phenoxy) is 3. The lowest BCUT2D eigenvalue weighted by molar-refractivity contribution is -0.173. The zero-order valence-electron chi connectivity index (χ0n) is 22.6. The lowest BCUT2D eigenvalue weighted by atomic mass is 9.66. The lowest BCUT2D eigenvalue weighted by Gasteiger charge is -2.41. The number of carboxylic acid groups (broad SMARTS) is 1. The molecule has 7 fully saturated rings. The quantitative estimate of drug-likeness (QED) is 0.290. The third kappa shape index (κ3) is 3.50. The van der Waals surface area contributed by atoms with Crippen LogP contribution < -0.4 is 0 Å². The first kappa shape index (κ1) is 24.4. The standard InChI is InChI=1S/C30H42O7/c1-5-30(4,12-29(2,3)27(33)35-21-11-15-9-19(21)25-24(15)37-25)28(34)36-20-10-14-8-18(20)23-16-6-13(22(14)23)7-17(16)26(31)32/h13-25H,5-12H2,1-4H3,(H,31,32). The van der Waals surface area contributed by atoms with Crippen LogP contribution in [0.25, 0.3) is 0 Å². The monoisotopic (exact) mass is 514 g/mol. The smallest absolute Gasteiger partial charge is 0.312 e. The molecule has 7 aliphatic rings. The molecule has 1 aliphatic heterocycles. The molecule has 7 nitrogen and oxygen atoms in total. The molecule has 6 bridgehead atoms. The van der Waals surface area contributed by atoms with Gasteiger partial charge in [0.25, 0.3) is 0 Å². The summed E-state index contributed by atoms with van der Waals surface area (Å²) < 4.78 is 18.0. The number of hydrogen-bond donors (Lipinski definition) is 1. The number of aliphatic carboxylic acids is 1. The molecule has 14 unspecified atom stereocenters. The Kier molecular flexibility index (Phi) is 5.25. The number of fused-ring (bicyclic) bond motifs is 14. The maximum Gasteiger partial charge on any atom is 0.312 e. The fourth-order valence-electron chi connectivity index (χ4n) is 10.6. The highest BCUT2D eigenvalue weighted by atomic mass is 16.6. The zero-order valence-corrected chi connectivity index (χ0v) is 22.6. The van der Waals surface area contributed by atoms with E-state index in [1.54, 1.807) is 0 Å². The number of carboxylic acids is 1. The molecule has 0 aromatic rings. The average Bonchev–Trinajstić information content (AvgIpc) is 3.40. The van der Waals surface area contributed by atoms with Gasteiger partial charge in [-0.25, -0.2) is 0 Å². The first-order valence-corrected chi connectivity index (χ1v) is 14.8. The summed E-state index contributed by atoms with van der Waals surface area (Å²) >= 11 is 0. The molecule has 7 heteroatoms. The number of carbonyl (C=O) groups excluding carboxylic acids is 2. The third-order valence-electron chi connectivity index (χ3n) is 12.3. The Morgan fingerprint density at radius 1 is 0.784 bits per heavy atom. The third-order valence-corrected chi connectivity index (χ3v) is 12.3. The SMILES string of the molecule is CCC(C)(CC(C)(C)C(=O)OC1CC2CC1C1OC21)C(=O)OC1CC2CC1C1C3CC(CC3C(=O)O)C21. The van der Waals surface area contributed by atoms with Gasteiger partial charge in [0.15, 0.2) is 0 Å². The Bertz CT molecular complexity index is 1020. The minimum atomic E-state index is -0.797. The van der Waals surface area contributed by atoms with Gasteiger partial charge < -0.3 is 19.3 Å². The second-order valence-electron chi connectivity index (χ2n) is 14.7. The largest absolute Gasteiger partial charge is 0.481 e. The van der Waals surface area contributed by atoms with Crippen molar-refractivity contribution in [2.24, 2.45) is 64.1 Å². The van der Waals surface area contributed by atoms with Crippen molar-refractivity contribution in [3.63, 3.8) is 0 Å². The molecule has 0 radical (unpaired) electrons. The van der Waals surface area contributed by atoms with E-state index in [2.05, 4.69) is 0 Å². The number of carbonyl (C=O) groups is 3. The van der Waals surface area contributed by atoms with Gasteiger partial charge in [-0.2, -0.15) is 0 Å². The summed E-state index contributed by atoms with van der Waals surface area (Å²) in [5, 5.41) is 9.73. The topological polar surface area (TPSA) is 102 Å². The molecule has 6 saturated carbocycles. The van der Waals surface area contributed by atoms with E-state index in [9.17, 15) is 19.5 Å². The van der Waals surface area contributed by atoms with Crippen molar-refractivity contribution in [2.45, 2.75) is 103 Å². The summed E-state index contributed by atoms with van der Waals surface area (Å²) in [6.45, 7) is 7.71. The Hall–Kier alpha value is -1.63. The summed E-state index contributed by atoms with van der Waals surface area (Å²) in [6, 6.07) is 0. The minimum absolute atomic E-state index is 0.0567. The normalized spacial score (nSPS) is 49.5. The molecule has 6 aliphatic carbocycles. The molecule has 37 heavy (non-hydrogen) atoms. The van der Waals surface area contributed by atoms with Gasteiger partial charge in [0, 0.05) is 5.92 Å². The van der Waals surface area contributed by atoms with E-state index in [0.29, 0.717) is 60.4 Å². The van der Waals surface area contributed by atoms with Crippen molar-refractivity contribution in [1.82, 2.24) is 0 Å². The summed E-state index contributed by atoms with van der Waals surface area (Å²) in [5.74, 6) is 2.25. The summed E-state index contributed by atoms with van der Waals surface area (Å²) in [6.07, 6.45) is 7.37. The van der Waals surface area contributed by atoms with E-state index in [1.165, 1.54) is 0 Å². The van der Waals surface area contributed by atoms with Crippen LogP contribution in [0.4, 0.5) is 0 Å². The molecule has 0 spiro atoms. The highest BCUT2D eigenvalue weighted by molar-refractivity contribution is 5.80. The van der Waals surface area contributed by atoms with Crippen molar-refractivity contribution in [3.05, 3.63) is 0 Å². The number of rotatable bonds is 8. The molecule has 1 heterocycles. The van der Waals surface area contributed by atoms with Crippen LogP contribution in [0.3, 0.4) is 0 Å². The van der Waals surface area contributed by atoms with Crippen molar-refractivity contribution >= 4 is 17.9 Å². The highest BCUT2D eigenvalue weighted by Crippen LogP contribution is 2.69. The molecule has 0 aromatic carbocycles. The van der Waals surface area contributed by atoms with Crippen molar-refractivity contribution < 1.29 is 33.7 Å². The van der Waals surface area contributed by atoms with Crippen LogP contribution in [0.5, 0.6) is 0 Å². The molecule has 204 valence electrons. The van der Waals surface area contributed by atoms with E-state index in [-0.39, 0.29) is 42.1 Å². The van der Waals surface area contributed by atoms with Gasteiger partial charge in [-0.15, -0.1) is 0 Å². The van der Waals surface area contributed by atoms with E-state index in [1.807, 2.05) is 27.7 Å². The molecule has 1 N–H and O–H groups in total. The van der Waals surface area contributed by atoms with Crippen LogP contribution in [-0.2, 0) is 28.6 Å². The Morgan fingerprint density at radius 2 is 1.41 bits per heavy atom. The predicted molar refractivity (Wildman–Crippen MR) is 132 cm³/mol. The van der Waals surface area contributed by atoms with Gasteiger partial charge in [0.2, 0.25) is 0 Å². The maximum absolute atomic E-state index is 13.7. The van der Waals surface area contributed by atoms with Crippen LogP contribution in [0, 0.1) is 64.1 Å². The Labute approximate surface area is 219 Å². The van der Waals surface area contributed by atoms with Crippen LogP contribution >= 0.6 is 0 Å². The van der Waals surface area contributed by atoms with E-state index in [4.69, 9.17) is 14.2 Å². The fraction of sp³-hybridized carbons (Fsp3) is 0.900.